The summed E-state index contributed by atoms with van der Waals surface area (Å²) in [5.74, 6) is 1.89. The molecule has 2 aromatic rings. The summed E-state index contributed by atoms with van der Waals surface area (Å²) in [5, 5.41) is 0. The first kappa shape index (κ1) is 18.5. The molecule has 1 fully saturated rings. The summed E-state index contributed by atoms with van der Waals surface area (Å²) in [6, 6.07) is 10.8. The van der Waals surface area contributed by atoms with Crippen LogP contribution in [0.1, 0.15) is 23.5 Å². The van der Waals surface area contributed by atoms with Crippen LogP contribution >= 0.6 is 0 Å². The van der Waals surface area contributed by atoms with E-state index in [4.69, 9.17) is 9.15 Å². The fourth-order valence-corrected chi connectivity index (χ4v) is 4.85. The van der Waals surface area contributed by atoms with Gasteiger partial charge in [-0.2, -0.15) is 0 Å². The van der Waals surface area contributed by atoms with Crippen molar-refractivity contribution in [3.8, 4) is 5.75 Å². The second kappa shape index (κ2) is 7.53. The van der Waals surface area contributed by atoms with Crippen molar-refractivity contribution in [3.63, 3.8) is 0 Å². The molecule has 0 radical (unpaired) electrons. The minimum atomic E-state index is -3.10. The van der Waals surface area contributed by atoms with Gasteiger partial charge in [-0.1, -0.05) is 18.2 Å². The molecule has 0 spiro atoms. The molecular formula is C19H23NO5S. The van der Waals surface area contributed by atoms with Crippen LogP contribution in [0.25, 0.3) is 0 Å². The molecule has 1 aromatic carbocycles. The Morgan fingerprint density at radius 2 is 2.00 bits per heavy atom. The van der Waals surface area contributed by atoms with Crippen molar-refractivity contribution in [2.75, 3.05) is 18.1 Å². The highest BCUT2D eigenvalue weighted by Crippen LogP contribution is 2.22. The third kappa shape index (κ3) is 4.46. The first-order valence-electron chi connectivity index (χ1n) is 8.58. The van der Waals surface area contributed by atoms with Crippen molar-refractivity contribution < 1.29 is 22.4 Å². The van der Waals surface area contributed by atoms with Crippen LogP contribution < -0.4 is 4.74 Å². The van der Waals surface area contributed by atoms with E-state index in [1.54, 1.807) is 11.0 Å². The number of hydrogen-bond donors (Lipinski definition) is 0. The quantitative estimate of drug-likeness (QED) is 0.773. The topological polar surface area (TPSA) is 76.8 Å². The summed E-state index contributed by atoms with van der Waals surface area (Å²) in [5.41, 5.74) is 0.942. The van der Waals surface area contributed by atoms with Crippen molar-refractivity contribution in [1.29, 1.82) is 0 Å². The van der Waals surface area contributed by atoms with E-state index < -0.39 is 9.84 Å². The van der Waals surface area contributed by atoms with Crippen molar-refractivity contribution in [2.24, 2.45) is 0 Å². The van der Waals surface area contributed by atoms with Crippen LogP contribution in [0.5, 0.6) is 5.75 Å². The van der Waals surface area contributed by atoms with E-state index in [1.807, 2.05) is 44.2 Å². The SMILES string of the molecule is Cc1ccc(CN(C(=O)COc2ccccc2C)C2CCS(=O)(=O)C2)o1. The molecule has 1 aromatic heterocycles. The van der Waals surface area contributed by atoms with E-state index in [1.165, 1.54) is 0 Å². The molecule has 6 nitrogen and oxygen atoms in total. The number of furan rings is 1. The zero-order valence-electron chi connectivity index (χ0n) is 15.0. The molecule has 140 valence electrons. The summed E-state index contributed by atoms with van der Waals surface area (Å²) >= 11 is 0. The number of benzene rings is 1. The van der Waals surface area contributed by atoms with Gasteiger partial charge in [-0.15, -0.1) is 0 Å². The minimum Gasteiger partial charge on any atom is -0.484 e. The molecule has 3 rings (SSSR count). The summed E-state index contributed by atoms with van der Waals surface area (Å²) in [7, 11) is -3.10. The number of nitrogens with zero attached hydrogens (tertiary/aromatic N) is 1. The molecule has 1 saturated heterocycles. The third-order valence-electron chi connectivity index (χ3n) is 4.54. The zero-order chi connectivity index (χ0) is 18.7. The summed E-state index contributed by atoms with van der Waals surface area (Å²) < 4.78 is 34.9. The lowest BCUT2D eigenvalue weighted by Gasteiger charge is -2.27. The van der Waals surface area contributed by atoms with Crippen molar-refractivity contribution >= 4 is 15.7 Å². The smallest absolute Gasteiger partial charge is 0.261 e. The molecule has 1 atom stereocenters. The molecule has 1 aliphatic heterocycles. The number of aryl methyl sites for hydroxylation is 2. The fraction of sp³-hybridized carbons (Fsp3) is 0.421. The predicted molar refractivity (Wildman–Crippen MR) is 97.7 cm³/mol. The average Bonchev–Trinajstić information content (AvgIpc) is 3.16. The van der Waals surface area contributed by atoms with E-state index in [9.17, 15) is 13.2 Å². The second-order valence-corrected chi connectivity index (χ2v) is 8.87. The molecule has 0 saturated carbocycles. The average molecular weight is 377 g/mol. The van der Waals surface area contributed by atoms with Gasteiger partial charge in [0.15, 0.2) is 16.4 Å². The highest BCUT2D eigenvalue weighted by molar-refractivity contribution is 7.91. The number of rotatable bonds is 6. The molecule has 1 aliphatic rings. The first-order valence-corrected chi connectivity index (χ1v) is 10.4. The van der Waals surface area contributed by atoms with E-state index in [2.05, 4.69) is 0 Å². The highest BCUT2D eigenvalue weighted by Gasteiger charge is 2.35. The Morgan fingerprint density at radius 1 is 1.23 bits per heavy atom. The van der Waals surface area contributed by atoms with Gasteiger partial charge in [-0.25, -0.2) is 8.42 Å². The Labute approximate surface area is 153 Å². The lowest BCUT2D eigenvalue weighted by atomic mass is 10.2. The van der Waals surface area contributed by atoms with Gasteiger partial charge in [0.1, 0.15) is 17.3 Å². The van der Waals surface area contributed by atoms with Gasteiger partial charge < -0.3 is 14.1 Å². The lowest BCUT2D eigenvalue weighted by molar-refractivity contribution is -0.136. The molecule has 7 heteroatoms. The molecular weight excluding hydrogens is 354 g/mol. The van der Waals surface area contributed by atoms with Crippen LogP contribution in [0, 0.1) is 13.8 Å². The van der Waals surface area contributed by atoms with E-state index >= 15 is 0 Å². The second-order valence-electron chi connectivity index (χ2n) is 6.65. The number of hydrogen-bond acceptors (Lipinski definition) is 5. The number of carbonyl (C=O) groups is 1. The lowest BCUT2D eigenvalue weighted by Crippen LogP contribution is -2.43. The van der Waals surface area contributed by atoms with Crippen LogP contribution in [0.4, 0.5) is 0 Å². The standard InChI is InChI=1S/C19H23NO5S/c1-14-5-3-4-6-18(14)24-12-19(21)20(11-17-8-7-15(2)25-17)16-9-10-26(22,23)13-16/h3-8,16H,9-13H2,1-2H3. The maximum atomic E-state index is 12.8. The normalized spacial score (nSPS) is 18.6. The monoisotopic (exact) mass is 377 g/mol. The maximum Gasteiger partial charge on any atom is 0.261 e. The molecule has 1 amide bonds. The summed E-state index contributed by atoms with van der Waals surface area (Å²) in [6.07, 6.45) is 0.443. The zero-order valence-corrected chi connectivity index (χ0v) is 15.8. The van der Waals surface area contributed by atoms with Crippen LogP contribution in [0.15, 0.2) is 40.8 Å². The number of amides is 1. The van der Waals surface area contributed by atoms with Crippen molar-refractivity contribution in [2.45, 2.75) is 32.9 Å². The Morgan fingerprint density at radius 3 is 2.62 bits per heavy atom. The Hall–Kier alpha value is -2.28. The first-order chi connectivity index (χ1) is 12.3. The molecule has 26 heavy (non-hydrogen) atoms. The van der Waals surface area contributed by atoms with Gasteiger partial charge in [0, 0.05) is 6.04 Å². The van der Waals surface area contributed by atoms with Crippen LogP contribution in [-0.4, -0.2) is 43.4 Å². The molecule has 0 N–H and O–H groups in total. The molecule has 2 heterocycles. The van der Waals surface area contributed by atoms with Crippen LogP contribution in [0.2, 0.25) is 0 Å². The Kier molecular flexibility index (Phi) is 5.36. The van der Waals surface area contributed by atoms with Crippen molar-refractivity contribution in [3.05, 3.63) is 53.5 Å². The largest absolute Gasteiger partial charge is 0.484 e. The van der Waals surface area contributed by atoms with Gasteiger partial charge in [-0.3, -0.25) is 4.79 Å². The number of sulfone groups is 1. The summed E-state index contributed by atoms with van der Waals surface area (Å²) in [4.78, 5) is 14.4. The minimum absolute atomic E-state index is 0.0111. The van der Waals surface area contributed by atoms with Gasteiger partial charge in [0.2, 0.25) is 0 Å². The van der Waals surface area contributed by atoms with E-state index in [-0.39, 0.29) is 36.6 Å². The molecule has 1 unspecified atom stereocenters. The van der Waals surface area contributed by atoms with Gasteiger partial charge >= 0.3 is 0 Å². The highest BCUT2D eigenvalue weighted by atomic mass is 32.2. The molecule has 0 bridgehead atoms. The Bertz CT molecular complexity index is 887. The Balaban J connectivity index is 1.73. The number of carbonyl (C=O) groups excluding carboxylic acids is 1. The summed E-state index contributed by atoms with van der Waals surface area (Å²) in [6.45, 7) is 3.84. The van der Waals surface area contributed by atoms with E-state index in [0.717, 1.165) is 11.3 Å². The van der Waals surface area contributed by atoms with Crippen LogP contribution in [0.3, 0.4) is 0 Å². The number of ether oxygens (including phenoxy) is 1. The van der Waals surface area contributed by atoms with Crippen molar-refractivity contribution in [1.82, 2.24) is 4.90 Å². The predicted octanol–water partition coefficient (Wildman–Crippen LogP) is 2.49. The van der Waals surface area contributed by atoms with Crippen LogP contribution in [-0.2, 0) is 21.2 Å². The van der Waals surface area contributed by atoms with Gasteiger partial charge in [0.05, 0.1) is 18.1 Å². The fourth-order valence-electron chi connectivity index (χ4n) is 3.12. The van der Waals surface area contributed by atoms with Gasteiger partial charge in [0.25, 0.3) is 5.91 Å². The van der Waals surface area contributed by atoms with E-state index in [0.29, 0.717) is 17.9 Å². The third-order valence-corrected chi connectivity index (χ3v) is 6.29. The van der Waals surface area contributed by atoms with Gasteiger partial charge in [-0.05, 0) is 44.0 Å². The molecule has 0 aliphatic carbocycles. The number of para-hydroxylation sites is 1. The maximum absolute atomic E-state index is 12.8.